The number of methoxy groups -OCH3 is 1. The number of aromatic nitrogens is 2. The lowest BCUT2D eigenvalue weighted by atomic mass is 10.3. The Bertz CT molecular complexity index is 669. The van der Waals surface area contributed by atoms with Crippen molar-refractivity contribution in [2.45, 2.75) is 19.9 Å². The van der Waals surface area contributed by atoms with Crippen LogP contribution in [0.3, 0.4) is 0 Å². The Morgan fingerprint density at radius 2 is 1.96 bits per heavy atom. The van der Waals surface area contributed by atoms with Gasteiger partial charge >= 0.3 is 0 Å². The number of guanidine groups is 1. The number of fused-ring (bicyclic) bond motifs is 1. The van der Waals surface area contributed by atoms with E-state index in [-0.39, 0.29) is 0 Å². The Kier molecular flexibility index (Phi) is 8.21. The van der Waals surface area contributed by atoms with E-state index in [0.717, 1.165) is 36.8 Å². The summed E-state index contributed by atoms with van der Waals surface area (Å²) in [5, 5.41) is 6.56. The van der Waals surface area contributed by atoms with Gasteiger partial charge in [0.05, 0.1) is 30.9 Å². The molecule has 2 rings (SSSR count). The van der Waals surface area contributed by atoms with Crippen molar-refractivity contribution in [2.75, 3.05) is 47.1 Å². The summed E-state index contributed by atoms with van der Waals surface area (Å²) >= 11 is 0. The van der Waals surface area contributed by atoms with Crippen LogP contribution in [0.25, 0.3) is 11.0 Å². The minimum Gasteiger partial charge on any atom is -0.382 e. The van der Waals surface area contributed by atoms with Crippen LogP contribution in [0.1, 0.15) is 12.2 Å². The molecule has 0 saturated heterocycles. The summed E-state index contributed by atoms with van der Waals surface area (Å²) in [6.07, 6.45) is 0.992. The highest BCUT2D eigenvalue weighted by Gasteiger charge is 2.06. The number of benzene rings is 1. The van der Waals surface area contributed by atoms with Crippen molar-refractivity contribution in [1.29, 1.82) is 0 Å². The Morgan fingerprint density at radius 1 is 1.16 bits per heavy atom. The van der Waals surface area contributed by atoms with Crippen LogP contribution >= 0.6 is 0 Å². The molecule has 1 aromatic carbocycles. The molecular weight excluding hydrogens is 318 g/mol. The molecule has 2 aromatic rings. The Morgan fingerprint density at radius 3 is 2.76 bits per heavy atom. The van der Waals surface area contributed by atoms with E-state index in [0.29, 0.717) is 26.4 Å². The first-order valence-electron chi connectivity index (χ1n) is 8.69. The van der Waals surface area contributed by atoms with Gasteiger partial charge in [0, 0.05) is 33.8 Å². The lowest BCUT2D eigenvalue weighted by molar-refractivity contribution is 0.0733. The third kappa shape index (κ3) is 6.03. The third-order valence-electron chi connectivity index (χ3n) is 3.89. The third-order valence-corrected chi connectivity index (χ3v) is 3.89. The summed E-state index contributed by atoms with van der Waals surface area (Å²) in [4.78, 5) is 8.82. The number of ether oxygens (including phenoxy) is 2. The number of aryl methyl sites for hydroxylation is 2. The van der Waals surface area contributed by atoms with E-state index < -0.39 is 0 Å². The maximum absolute atomic E-state index is 5.42. The van der Waals surface area contributed by atoms with Crippen LogP contribution in [-0.2, 0) is 16.0 Å². The predicted molar refractivity (Wildman–Crippen MR) is 101 cm³/mol. The largest absolute Gasteiger partial charge is 0.382 e. The number of nitrogens with zero attached hydrogens (tertiary/aromatic N) is 3. The molecule has 0 amide bonds. The number of hydrogen-bond acceptors (Lipinski definition) is 4. The van der Waals surface area contributed by atoms with Gasteiger partial charge in [-0.05, 0) is 25.5 Å². The van der Waals surface area contributed by atoms with E-state index in [1.54, 1.807) is 14.2 Å². The second-order valence-electron chi connectivity index (χ2n) is 5.68. The molecule has 0 aliphatic rings. The highest BCUT2D eigenvalue weighted by molar-refractivity contribution is 5.79. The lowest BCUT2D eigenvalue weighted by Gasteiger charge is -2.13. The van der Waals surface area contributed by atoms with E-state index in [1.807, 2.05) is 6.07 Å². The molecule has 138 valence electrons. The number of imidazole rings is 1. The van der Waals surface area contributed by atoms with Crippen LogP contribution in [0.2, 0.25) is 0 Å². The highest BCUT2D eigenvalue weighted by Crippen LogP contribution is 2.15. The quantitative estimate of drug-likeness (QED) is 0.388. The normalized spacial score (nSPS) is 11.9. The molecule has 0 atom stereocenters. The van der Waals surface area contributed by atoms with Gasteiger partial charge in [-0.2, -0.15) is 0 Å². The number of aliphatic imine (C=N–C) groups is 1. The lowest BCUT2D eigenvalue weighted by Crippen LogP contribution is -2.39. The minimum absolute atomic E-state index is 0.614. The molecule has 0 bridgehead atoms. The smallest absolute Gasteiger partial charge is 0.191 e. The van der Waals surface area contributed by atoms with Gasteiger partial charge in [-0.3, -0.25) is 4.99 Å². The summed E-state index contributed by atoms with van der Waals surface area (Å²) < 4.78 is 12.6. The van der Waals surface area contributed by atoms with E-state index in [9.17, 15) is 0 Å². The fraction of sp³-hybridized carbons (Fsp3) is 0.556. The molecule has 0 unspecified atom stereocenters. The number of rotatable bonds is 10. The van der Waals surface area contributed by atoms with Gasteiger partial charge < -0.3 is 24.7 Å². The van der Waals surface area contributed by atoms with Gasteiger partial charge in [0.15, 0.2) is 5.96 Å². The molecule has 0 saturated carbocycles. The van der Waals surface area contributed by atoms with Crippen LogP contribution in [0.4, 0.5) is 0 Å². The van der Waals surface area contributed by atoms with Crippen LogP contribution in [-0.4, -0.2) is 62.6 Å². The van der Waals surface area contributed by atoms with Crippen molar-refractivity contribution in [3.63, 3.8) is 0 Å². The van der Waals surface area contributed by atoms with Gasteiger partial charge in [-0.25, -0.2) is 4.98 Å². The summed E-state index contributed by atoms with van der Waals surface area (Å²) in [6, 6.07) is 8.25. The fourth-order valence-electron chi connectivity index (χ4n) is 2.63. The van der Waals surface area contributed by atoms with Crippen molar-refractivity contribution in [3.05, 3.63) is 30.1 Å². The second kappa shape index (κ2) is 10.7. The Labute approximate surface area is 149 Å². The van der Waals surface area contributed by atoms with E-state index in [2.05, 4.69) is 50.3 Å². The molecular formula is C18H29N5O2. The minimum atomic E-state index is 0.614. The molecule has 0 aliphatic carbocycles. The molecule has 2 N–H and O–H groups in total. The van der Waals surface area contributed by atoms with E-state index in [4.69, 9.17) is 9.47 Å². The summed E-state index contributed by atoms with van der Waals surface area (Å²) in [5.74, 6) is 1.85. The monoisotopic (exact) mass is 347 g/mol. The summed E-state index contributed by atoms with van der Waals surface area (Å²) in [6.45, 7) is 6.40. The molecule has 1 aromatic heterocycles. The topological polar surface area (TPSA) is 72.7 Å². The fourth-order valence-corrected chi connectivity index (χ4v) is 2.63. The van der Waals surface area contributed by atoms with E-state index >= 15 is 0 Å². The molecule has 7 nitrogen and oxygen atoms in total. The van der Waals surface area contributed by atoms with Crippen LogP contribution < -0.4 is 10.6 Å². The van der Waals surface area contributed by atoms with Crippen molar-refractivity contribution < 1.29 is 9.47 Å². The van der Waals surface area contributed by atoms with Gasteiger partial charge in [-0.15, -0.1) is 0 Å². The zero-order valence-electron chi connectivity index (χ0n) is 15.4. The number of nitrogens with one attached hydrogen (secondary N) is 2. The molecule has 0 fully saturated rings. The molecule has 1 heterocycles. The van der Waals surface area contributed by atoms with Crippen LogP contribution in [0.15, 0.2) is 29.3 Å². The van der Waals surface area contributed by atoms with Gasteiger partial charge in [0.2, 0.25) is 0 Å². The summed E-state index contributed by atoms with van der Waals surface area (Å²) in [7, 11) is 3.44. The molecule has 25 heavy (non-hydrogen) atoms. The maximum atomic E-state index is 5.42. The van der Waals surface area contributed by atoms with Crippen LogP contribution in [0, 0.1) is 6.92 Å². The molecule has 7 heteroatoms. The van der Waals surface area contributed by atoms with E-state index in [1.165, 1.54) is 5.52 Å². The molecule has 0 aliphatic heterocycles. The second-order valence-corrected chi connectivity index (χ2v) is 5.68. The first-order chi connectivity index (χ1) is 12.3. The first-order valence-corrected chi connectivity index (χ1v) is 8.69. The van der Waals surface area contributed by atoms with Gasteiger partial charge in [-0.1, -0.05) is 12.1 Å². The Hall–Kier alpha value is -2.12. The standard InChI is InChI=1S/C18H29N5O2/c1-15-22-16-7-4-5-8-17(16)23(15)11-6-9-20-18(19-2)21-10-12-25-14-13-24-3/h4-5,7-8H,6,9-14H2,1-3H3,(H2,19,20,21). The molecule has 0 spiro atoms. The highest BCUT2D eigenvalue weighted by atomic mass is 16.5. The number of hydrogen-bond donors (Lipinski definition) is 2. The zero-order valence-corrected chi connectivity index (χ0v) is 15.4. The number of para-hydroxylation sites is 2. The van der Waals surface area contributed by atoms with Crippen molar-refractivity contribution >= 4 is 17.0 Å². The van der Waals surface area contributed by atoms with Crippen molar-refractivity contribution in [3.8, 4) is 0 Å². The SMILES string of the molecule is CN=C(NCCCn1c(C)nc2ccccc21)NCCOCCOC. The van der Waals surface area contributed by atoms with Gasteiger partial charge in [0.25, 0.3) is 0 Å². The van der Waals surface area contributed by atoms with Gasteiger partial charge in [0.1, 0.15) is 5.82 Å². The Balaban J connectivity index is 1.68. The van der Waals surface area contributed by atoms with Crippen molar-refractivity contribution in [1.82, 2.24) is 20.2 Å². The zero-order chi connectivity index (χ0) is 17.9. The summed E-state index contributed by atoms with van der Waals surface area (Å²) in [5.41, 5.74) is 2.25. The van der Waals surface area contributed by atoms with Crippen LogP contribution in [0.5, 0.6) is 0 Å². The first kappa shape index (κ1) is 19.2. The average molecular weight is 347 g/mol. The predicted octanol–water partition coefficient (Wildman–Crippen LogP) is 1.56. The average Bonchev–Trinajstić information content (AvgIpc) is 2.95. The van der Waals surface area contributed by atoms with Crippen molar-refractivity contribution in [2.24, 2.45) is 4.99 Å². The molecule has 0 radical (unpaired) electrons. The maximum Gasteiger partial charge on any atom is 0.191 e.